The van der Waals surface area contributed by atoms with E-state index in [2.05, 4.69) is 5.32 Å². The number of nitrogens with zero attached hydrogens (tertiary/aromatic N) is 1. The van der Waals surface area contributed by atoms with E-state index in [1.54, 1.807) is 12.1 Å². The molecule has 2 N–H and O–H groups in total. The molecule has 1 atom stereocenters. The van der Waals surface area contributed by atoms with Gasteiger partial charge in [0.25, 0.3) is 5.69 Å². The Bertz CT molecular complexity index is 791. The van der Waals surface area contributed by atoms with E-state index in [0.717, 1.165) is 10.5 Å². The number of carboxylic acid groups (broad SMARTS) is 1. The van der Waals surface area contributed by atoms with Crippen molar-refractivity contribution in [3.63, 3.8) is 0 Å². The molecule has 7 heteroatoms. The molecule has 138 valence electrons. The highest BCUT2D eigenvalue weighted by Crippen LogP contribution is 2.35. The highest BCUT2D eigenvalue weighted by atomic mass is 32.2. The third-order valence-electron chi connectivity index (χ3n) is 3.93. The minimum absolute atomic E-state index is 0.0197. The van der Waals surface area contributed by atoms with Gasteiger partial charge in [-0.25, -0.2) is 0 Å². The van der Waals surface area contributed by atoms with Gasteiger partial charge in [-0.3, -0.25) is 14.9 Å². The maximum absolute atomic E-state index is 11.5. The van der Waals surface area contributed by atoms with Crippen LogP contribution in [-0.4, -0.2) is 22.0 Å². The topological polar surface area (TPSA) is 92.5 Å². The zero-order valence-electron chi connectivity index (χ0n) is 14.9. The lowest BCUT2D eigenvalue weighted by molar-refractivity contribution is -0.387. The Morgan fingerprint density at radius 3 is 2.42 bits per heavy atom. The maximum atomic E-state index is 11.5. The molecular formula is C19H22N2O4S. The predicted octanol–water partition coefficient (Wildman–Crippen LogP) is 4.25. The fourth-order valence-corrected chi connectivity index (χ4v) is 3.37. The van der Waals surface area contributed by atoms with Crippen LogP contribution in [0.3, 0.4) is 0 Å². The van der Waals surface area contributed by atoms with Gasteiger partial charge < -0.3 is 10.4 Å². The first-order chi connectivity index (χ1) is 12.3. The quantitative estimate of drug-likeness (QED) is 0.530. The Morgan fingerprint density at radius 1 is 1.23 bits per heavy atom. The SMILES string of the molecule is Cc1ccc(Sc2ccc(CN[C@@H](C(=O)O)C(C)C)cc2[N+](=O)[O-])cc1. The fourth-order valence-electron chi connectivity index (χ4n) is 2.47. The molecule has 0 spiro atoms. The summed E-state index contributed by atoms with van der Waals surface area (Å²) in [6.45, 7) is 5.87. The number of rotatable bonds is 8. The molecule has 2 aromatic rings. The first-order valence-electron chi connectivity index (χ1n) is 8.26. The number of carbonyl (C=O) groups is 1. The van der Waals surface area contributed by atoms with E-state index in [1.807, 2.05) is 45.0 Å². The smallest absolute Gasteiger partial charge is 0.320 e. The van der Waals surface area contributed by atoms with Gasteiger partial charge in [-0.15, -0.1) is 0 Å². The van der Waals surface area contributed by atoms with Crippen molar-refractivity contribution in [2.75, 3.05) is 0 Å². The average Bonchev–Trinajstić information content (AvgIpc) is 2.57. The van der Waals surface area contributed by atoms with E-state index >= 15 is 0 Å². The van der Waals surface area contributed by atoms with Crippen molar-refractivity contribution in [1.29, 1.82) is 0 Å². The van der Waals surface area contributed by atoms with E-state index < -0.39 is 16.9 Å². The molecule has 0 heterocycles. The van der Waals surface area contributed by atoms with Gasteiger partial charge in [-0.05, 0) is 36.6 Å². The number of benzene rings is 2. The molecule has 2 rings (SSSR count). The summed E-state index contributed by atoms with van der Waals surface area (Å²) in [5.41, 5.74) is 1.83. The lowest BCUT2D eigenvalue weighted by Crippen LogP contribution is -2.40. The summed E-state index contributed by atoms with van der Waals surface area (Å²) < 4.78 is 0. The third kappa shape index (κ3) is 5.31. The van der Waals surface area contributed by atoms with Crippen LogP contribution in [0.1, 0.15) is 25.0 Å². The van der Waals surface area contributed by atoms with Gasteiger partial charge in [0.1, 0.15) is 6.04 Å². The minimum Gasteiger partial charge on any atom is -0.480 e. The van der Waals surface area contributed by atoms with E-state index in [4.69, 9.17) is 0 Å². The molecule has 0 aromatic heterocycles. The Morgan fingerprint density at radius 2 is 1.88 bits per heavy atom. The molecule has 0 unspecified atom stereocenters. The maximum Gasteiger partial charge on any atom is 0.320 e. The standard InChI is InChI=1S/C19H22N2O4S/c1-12(2)18(19(22)23)20-11-14-6-9-17(16(10-14)21(24)25)26-15-7-4-13(3)5-8-15/h4-10,12,18,20H,11H2,1-3H3,(H,22,23)/t18-/m1/s1. The molecule has 2 aromatic carbocycles. The lowest BCUT2D eigenvalue weighted by atomic mass is 10.0. The van der Waals surface area contributed by atoms with Crippen molar-refractivity contribution < 1.29 is 14.8 Å². The zero-order chi connectivity index (χ0) is 19.3. The molecule has 0 radical (unpaired) electrons. The number of nitro groups is 1. The Hall–Kier alpha value is -2.38. The molecule has 26 heavy (non-hydrogen) atoms. The highest BCUT2D eigenvalue weighted by Gasteiger charge is 2.21. The van der Waals surface area contributed by atoms with E-state index in [0.29, 0.717) is 10.5 Å². The zero-order valence-corrected chi connectivity index (χ0v) is 15.7. The van der Waals surface area contributed by atoms with Crippen molar-refractivity contribution in [3.05, 3.63) is 63.7 Å². The van der Waals surface area contributed by atoms with E-state index in [-0.39, 0.29) is 18.2 Å². The number of aliphatic carboxylic acids is 1. The second kappa shape index (κ2) is 8.82. The third-order valence-corrected chi connectivity index (χ3v) is 5.00. The van der Waals surface area contributed by atoms with Crippen LogP contribution in [0.2, 0.25) is 0 Å². The van der Waals surface area contributed by atoms with Gasteiger partial charge in [0.15, 0.2) is 0 Å². The molecule has 0 bridgehead atoms. The predicted molar refractivity (Wildman–Crippen MR) is 101 cm³/mol. The summed E-state index contributed by atoms with van der Waals surface area (Å²) >= 11 is 1.34. The van der Waals surface area contributed by atoms with Crippen LogP contribution < -0.4 is 5.32 Å². The number of hydrogen-bond acceptors (Lipinski definition) is 5. The first-order valence-corrected chi connectivity index (χ1v) is 9.07. The molecule has 0 aliphatic rings. The molecule has 0 amide bonds. The Kier molecular flexibility index (Phi) is 6.76. The Labute approximate surface area is 156 Å². The summed E-state index contributed by atoms with van der Waals surface area (Å²) in [6, 6.07) is 12.1. The van der Waals surface area contributed by atoms with Gasteiger partial charge in [0.2, 0.25) is 0 Å². The van der Waals surface area contributed by atoms with Crippen molar-refractivity contribution >= 4 is 23.4 Å². The van der Waals surface area contributed by atoms with Crippen LogP contribution in [-0.2, 0) is 11.3 Å². The fraction of sp³-hybridized carbons (Fsp3) is 0.316. The second-order valence-corrected chi connectivity index (χ2v) is 7.53. The van der Waals surface area contributed by atoms with E-state index in [1.165, 1.54) is 17.8 Å². The number of nitro benzene ring substituents is 1. The van der Waals surface area contributed by atoms with Gasteiger partial charge in [0, 0.05) is 17.5 Å². The summed E-state index contributed by atoms with van der Waals surface area (Å²) in [6.07, 6.45) is 0. The molecule has 0 fully saturated rings. The highest BCUT2D eigenvalue weighted by molar-refractivity contribution is 7.99. The number of aryl methyl sites for hydroxylation is 1. The second-order valence-electron chi connectivity index (χ2n) is 6.42. The van der Waals surface area contributed by atoms with Crippen LogP contribution in [0.25, 0.3) is 0 Å². The van der Waals surface area contributed by atoms with Crippen LogP contribution in [0.5, 0.6) is 0 Å². The van der Waals surface area contributed by atoms with Gasteiger partial charge in [-0.2, -0.15) is 0 Å². The molecule has 0 aliphatic heterocycles. The first kappa shape index (κ1) is 19.9. The number of hydrogen-bond donors (Lipinski definition) is 2. The average molecular weight is 374 g/mol. The van der Waals surface area contributed by atoms with Crippen molar-refractivity contribution in [2.45, 2.75) is 43.1 Å². The van der Waals surface area contributed by atoms with Crippen LogP contribution in [0.15, 0.2) is 52.3 Å². The number of nitrogens with one attached hydrogen (secondary N) is 1. The molecule has 6 nitrogen and oxygen atoms in total. The van der Waals surface area contributed by atoms with Gasteiger partial charge in [-0.1, -0.05) is 49.4 Å². The van der Waals surface area contributed by atoms with Gasteiger partial charge in [0.05, 0.1) is 9.82 Å². The Balaban J connectivity index is 2.18. The van der Waals surface area contributed by atoms with Crippen molar-refractivity contribution in [1.82, 2.24) is 5.32 Å². The van der Waals surface area contributed by atoms with Crippen molar-refractivity contribution in [2.24, 2.45) is 5.92 Å². The molecule has 0 aliphatic carbocycles. The number of carboxylic acids is 1. The van der Waals surface area contributed by atoms with E-state index in [9.17, 15) is 20.0 Å². The molecule has 0 saturated carbocycles. The van der Waals surface area contributed by atoms with Crippen LogP contribution in [0.4, 0.5) is 5.69 Å². The summed E-state index contributed by atoms with van der Waals surface area (Å²) in [4.78, 5) is 23.8. The van der Waals surface area contributed by atoms with Gasteiger partial charge >= 0.3 is 5.97 Å². The summed E-state index contributed by atoms with van der Waals surface area (Å²) in [5, 5.41) is 23.6. The van der Waals surface area contributed by atoms with Crippen molar-refractivity contribution in [3.8, 4) is 0 Å². The summed E-state index contributed by atoms with van der Waals surface area (Å²) in [7, 11) is 0. The monoisotopic (exact) mass is 374 g/mol. The normalized spacial score (nSPS) is 12.2. The van der Waals surface area contributed by atoms with Crippen LogP contribution in [0, 0.1) is 23.0 Å². The minimum atomic E-state index is -0.930. The lowest BCUT2D eigenvalue weighted by Gasteiger charge is -2.18. The molecule has 0 saturated heterocycles. The van der Waals surface area contributed by atoms with Crippen LogP contribution >= 0.6 is 11.8 Å². The summed E-state index contributed by atoms with van der Waals surface area (Å²) in [5.74, 6) is -1.01. The largest absolute Gasteiger partial charge is 0.480 e. The molecular weight excluding hydrogens is 352 g/mol.